The van der Waals surface area contributed by atoms with Gasteiger partial charge in [0.1, 0.15) is 0 Å². The van der Waals surface area contributed by atoms with Gasteiger partial charge in [-0.05, 0) is 38.4 Å². The number of rotatable bonds is 9. The van der Waals surface area contributed by atoms with Crippen molar-refractivity contribution in [3.8, 4) is 0 Å². The van der Waals surface area contributed by atoms with Crippen molar-refractivity contribution in [1.82, 2.24) is 15.5 Å². The summed E-state index contributed by atoms with van der Waals surface area (Å²) in [4.78, 5) is 6.57. The van der Waals surface area contributed by atoms with Crippen LogP contribution in [0.5, 0.6) is 0 Å². The fourth-order valence-corrected chi connectivity index (χ4v) is 2.40. The van der Waals surface area contributed by atoms with Gasteiger partial charge in [0.2, 0.25) is 0 Å². The van der Waals surface area contributed by atoms with E-state index in [2.05, 4.69) is 59.6 Å². The molecule has 0 fully saturated rings. The van der Waals surface area contributed by atoms with Crippen molar-refractivity contribution >= 4 is 5.96 Å². The van der Waals surface area contributed by atoms with Gasteiger partial charge >= 0.3 is 0 Å². The van der Waals surface area contributed by atoms with Gasteiger partial charge in [-0.3, -0.25) is 4.99 Å². The third-order valence-electron chi connectivity index (χ3n) is 3.84. The molecule has 0 aliphatic rings. The van der Waals surface area contributed by atoms with Gasteiger partial charge in [-0.2, -0.15) is 0 Å². The highest BCUT2D eigenvalue weighted by Crippen LogP contribution is 2.09. The number of likely N-dealkylation sites (N-methyl/N-ethyl adjacent to an activating group) is 1. The summed E-state index contributed by atoms with van der Waals surface area (Å²) in [5, 5.41) is 6.73. The van der Waals surface area contributed by atoms with Crippen LogP contribution in [0, 0.1) is 13.8 Å². The van der Waals surface area contributed by atoms with Crippen LogP contribution >= 0.6 is 0 Å². The Labute approximate surface area is 141 Å². The van der Waals surface area contributed by atoms with Crippen LogP contribution < -0.4 is 10.6 Å². The highest BCUT2D eigenvalue weighted by Gasteiger charge is 2.02. The fourth-order valence-electron chi connectivity index (χ4n) is 2.40. The van der Waals surface area contributed by atoms with Gasteiger partial charge in [-0.25, -0.2) is 0 Å². The van der Waals surface area contributed by atoms with Crippen LogP contribution in [-0.4, -0.2) is 58.3 Å². The Morgan fingerprint density at radius 2 is 2.00 bits per heavy atom. The van der Waals surface area contributed by atoms with Crippen molar-refractivity contribution < 1.29 is 4.74 Å². The van der Waals surface area contributed by atoms with E-state index in [1.54, 1.807) is 14.2 Å². The van der Waals surface area contributed by atoms with Crippen LogP contribution in [0.4, 0.5) is 0 Å². The van der Waals surface area contributed by atoms with Crippen LogP contribution in [-0.2, 0) is 11.3 Å². The molecule has 0 radical (unpaired) electrons. The van der Waals surface area contributed by atoms with Crippen molar-refractivity contribution in [2.24, 2.45) is 4.99 Å². The summed E-state index contributed by atoms with van der Waals surface area (Å²) in [6.07, 6.45) is 1.06. The summed E-state index contributed by atoms with van der Waals surface area (Å²) < 4.78 is 5.07. The lowest BCUT2D eigenvalue weighted by Crippen LogP contribution is -2.40. The van der Waals surface area contributed by atoms with E-state index >= 15 is 0 Å². The summed E-state index contributed by atoms with van der Waals surface area (Å²) in [6.45, 7) is 8.77. The molecule has 0 amide bonds. The molecule has 0 spiro atoms. The van der Waals surface area contributed by atoms with Gasteiger partial charge in [0.15, 0.2) is 5.96 Å². The second kappa shape index (κ2) is 11.0. The number of methoxy groups -OCH3 is 1. The lowest BCUT2D eigenvalue weighted by molar-refractivity contribution is 0.180. The molecule has 1 aromatic carbocycles. The van der Waals surface area contributed by atoms with Gasteiger partial charge in [0.05, 0.1) is 0 Å². The maximum atomic E-state index is 5.07. The molecule has 0 saturated heterocycles. The number of nitrogens with one attached hydrogen (secondary N) is 2. The summed E-state index contributed by atoms with van der Waals surface area (Å²) >= 11 is 0. The van der Waals surface area contributed by atoms with Crippen LogP contribution in [0.1, 0.15) is 23.1 Å². The van der Waals surface area contributed by atoms with Gasteiger partial charge in [-0.15, -0.1) is 0 Å². The second-order valence-electron chi connectivity index (χ2n) is 5.93. The van der Waals surface area contributed by atoms with E-state index in [-0.39, 0.29) is 0 Å². The molecule has 0 unspecified atom stereocenters. The van der Waals surface area contributed by atoms with Crippen molar-refractivity contribution in [3.05, 3.63) is 34.9 Å². The lowest BCUT2D eigenvalue weighted by Gasteiger charge is -2.18. The molecule has 0 heterocycles. The largest absolute Gasteiger partial charge is 0.385 e. The first-order valence-corrected chi connectivity index (χ1v) is 8.25. The van der Waals surface area contributed by atoms with E-state index < -0.39 is 0 Å². The molecule has 0 aliphatic heterocycles. The number of benzene rings is 1. The average Bonchev–Trinajstić information content (AvgIpc) is 2.52. The van der Waals surface area contributed by atoms with Gasteiger partial charge in [0.25, 0.3) is 0 Å². The molecule has 5 nitrogen and oxygen atoms in total. The third kappa shape index (κ3) is 8.00. The fraction of sp³-hybridized carbons (Fsp3) is 0.611. The quantitative estimate of drug-likeness (QED) is 0.415. The molecular formula is C18H32N4O. The zero-order valence-electron chi connectivity index (χ0n) is 15.3. The van der Waals surface area contributed by atoms with E-state index in [1.807, 2.05) is 0 Å². The van der Waals surface area contributed by atoms with Crippen molar-refractivity contribution in [3.63, 3.8) is 0 Å². The number of ether oxygens (including phenoxy) is 1. The molecular weight excluding hydrogens is 288 g/mol. The predicted molar refractivity (Wildman–Crippen MR) is 98.1 cm³/mol. The third-order valence-corrected chi connectivity index (χ3v) is 3.84. The Hall–Kier alpha value is -1.59. The predicted octanol–water partition coefficient (Wildman–Crippen LogP) is 1.94. The Morgan fingerprint density at radius 3 is 2.65 bits per heavy atom. The van der Waals surface area contributed by atoms with E-state index in [0.717, 1.165) is 45.2 Å². The van der Waals surface area contributed by atoms with Crippen LogP contribution in [0.15, 0.2) is 23.2 Å². The first-order chi connectivity index (χ1) is 11.1. The topological polar surface area (TPSA) is 48.9 Å². The van der Waals surface area contributed by atoms with Crippen molar-refractivity contribution in [2.45, 2.75) is 26.8 Å². The molecule has 5 heteroatoms. The molecule has 0 aliphatic carbocycles. The maximum absolute atomic E-state index is 5.07. The molecule has 0 saturated carbocycles. The van der Waals surface area contributed by atoms with E-state index in [1.165, 1.54) is 16.7 Å². The zero-order chi connectivity index (χ0) is 17.1. The maximum Gasteiger partial charge on any atom is 0.191 e. The highest BCUT2D eigenvalue weighted by atomic mass is 16.5. The first kappa shape index (κ1) is 19.5. The van der Waals surface area contributed by atoms with Gasteiger partial charge in [0, 0.05) is 46.9 Å². The van der Waals surface area contributed by atoms with Gasteiger partial charge < -0.3 is 20.3 Å². The first-order valence-electron chi connectivity index (χ1n) is 8.25. The highest BCUT2D eigenvalue weighted by molar-refractivity contribution is 5.79. The van der Waals surface area contributed by atoms with E-state index in [9.17, 15) is 0 Å². The number of hydrogen-bond acceptors (Lipinski definition) is 3. The van der Waals surface area contributed by atoms with Crippen LogP contribution in [0.25, 0.3) is 0 Å². The molecule has 0 bridgehead atoms. The number of aliphatic imine (C=N–C) groups is 1. The smallest absolute Gasteiger partial charge is 0.191 e. The van der Waals surface area contributed by atoms with Gasteiger partial charge in [-0.1, -0.05) is 23.8 Å². The zero-order valence-corrected chi connectivity index (χ0v) is 15.3. The van der Waals surface area contributed by atoms with Crippen molar-refractivity contribution in [2.75, 3.05) is 47.4 Å². The van der Waals surface area contributed by atoms with E-state index in [0.29, 0.717) is 0 Å². The Bertz CT molecular complexity index is 488. The molecule has 23 heavy (non-hydrogen) atoms. The average molecular weight is 320 g/mol. The minimum atomic E-state index is 0.787. The summed E-state index contributed by atoms with van der Waals surface area (Å²) in [7, 11) is 5.68. The monoisotopic (exact) mass is 320 g/mol. The number of nitrogens with zero attached hydrogens (tertiary/aromatic N) is 2. The molecule has 1 aromatic rings. The number of aryl methyl sites for hydroxylation is 2. The Morgan fingerprint density at radius 1 is 1.22 bits per heavy atom. The SMILES string of the molecule is CN=C(NCCN(C)CCCOC)NCc1ccc(C)cc1C. The molecule has 1 rings (SSSR count). The molecule has 130 valence electrons. The summed E-state index contributed by atoms with van der Waals surface area (Å²) in [6, 6.07) is 6.53. The van der Waals surface area contributed by atoms with E-state index in [4.69, 9.17) is 4.74 Å². The van der Waals surface area contributed by atoms with Crippen LogP contribution in [0.2, 0.25) is 0 Å². The molecule has 2 N–H and O–H groups in total. The number of guanidine groups is 1. The minimum Gasteiger partial charge on any atom is -0.385 e. The second-order valence-corrected chi connectivity index (χ2v) is 5.93. The standard InChI is InChI=1S/C18H32N4O/c1-15-7-8-17(16(2)13-15)14-21-18(19-3)20-9-11-22(4)10-6-12-23-5/h7-8,13H,6,9-12,14H2,1-5H3,(H2,19,20,21). The molecule has 0 aromatic heterocycles. The summed E-state index contributed by atoms with van der Waals surface area (Å²) in [5.41, 5.74) is 3.91. The van der Waals surface area contributed by atoms with Crippen molar-refractivity contribution in [1.29, 1.82) is 0 Å². The van der Waals surface area contributed by atoms with Crippen LogP contribution in [0.3, 0.4) is 0 Å². The Balaban J connectivity index is 2.29. The number of hydrogen-bond donors (Lipinski definition) is 2. The molecule has 0 atom stereocenters. The normalized spacial score (nSPS) is 11.8. The summed E-state index contributed by atoms with van der Waals surface area (Å²) in [5.74, 6) is 0.843. The lowest BCUT2D eigenvalue weighted by atomic mass is 10.1. The Kier molecular flexibility index (Phi) is 9.33. The minimum absolute atomic E-state index is 0.787.